The average molecular weight is 431 g/mol. The third-order valence-electron chi connectivity index (χ3n) is 3.58. The van der Waals surface area contributed by atoms with Crippen molar-refractivity contribution in [2.45, 2.75) is 25.3 Å². The summed E-state index contributed by atoms with van der Waals surface area (Å²) in [5.74, 6) is -0.243. The summed E-state index contributed by atoms with van der Waals surface area (Å²) in [6, 6.07) is 9.24. The lowest BCUT2D eigenvalue weighted by molar-refractivity contribution is 0.0950. The number of benzene rings is 2. The molecule has 27 heavy (non-hydrogen) atoms. The van der Waals surface area contributed by atoms with Crippen LogP contribution in [0, 0.1) is 0 Å². The molecule has 2 aromatic carbocycles. The predicted octanol–water partition coefficient (Wildman–Crippen LogP) is 3.62. The number of hydrogen-bond donors (Lipinski definition) is 2. The highest BCUT2D eigenvalue weighted by Gasteiger charge is 2.21. The summed E-state index contributed by atoms with van der Waals surface area (Å²) >= 11 is 11.9. The minimum Gasteiger partial charge on any atom is -0.492 e. The van der Waals surface area contributed by atoms with E-state index in [2.05, 4.69) is 10.0 Å². The molecule has 0 saturated heterocycles. The van der Waals surface area contributed by atoms with Gasteiger partial charge in [0.2, 0.25) is 10.0 Å². The summed E-state index contributed by atoms with van der Waals surface area (Å²) in [7, 11) is -3.79. The van der Waals surface area contributed by atoms with Gasteiger partial charge in [-0.1, -0.05) is 36.2 Å². The van der Waals surface area contributed by atoms with E-state index in [1.165, 1.54) is 18.2 Å². The van der Waals surface area contributed by atoms with Crippen LogP contribution in [0.15, 0.2) is 41.3 Å². The maximum absolute atomic E-state index is 12.5. The first-order valence-electron chi connectivity index (χ1n) is 8.27. The maximum Gasteiger partial charge on any atom is 0.251 e. The number of carbonyl (C=O) groups excluding carboxylic acids is 1. The maximum atomic E-state index is 12.5. The third kappa shape index (κ3) is 5.59. The van der Waals surface area contributed by atoms with Gasteiger partial charge in [0.05, 0.1) is 6.61 Å². The summed E-state index contributed by atoms with van der Waals surface area (Å²) in [6.07, 6.45) is 0. The Morgan fingerprint density at radius 1 is 1.11 bits per heavy atom. The smallest absolute Gasteiger partial charge is 0.251 e. The van der Waals surface area contributed by atoms with Gasteiger partial charge in [-0.05, 0) is 42.8 Å². The summed E-state index contributed by atoms with van der Waals surface area (Å²) in [5.41, 5.74) is 0.890. The minimum absolute atomic E-state index is 0.0802. The van der Waals surface area contributed by atoms with Gasteiger partial charge >= 0.3 is 0 Å². The van der Waals surface area contributed by atoms with Crippen molar-refractivity contribution in [2.75, 3.05) is 13.2 Å². The summed E-state index contributed by atoms with van der Waals surface area (Å²) in [6.45, 7) is 4.12. The molecule has 0 aliphatic rings. The van der Waals surface area contributed by atoms with E-state index in [-0.39, 0.29) is 29.3 Å². The van der Waals surface area contributed by atoms with Crippen molar-refractivity contribution in [3.05, 3.63) is 57.6 Å². The number of amides is 1. The van der Waals surface area contributed by atoms with Gasteiger partial charge in [-0.25, -0.2) is 13.1 Å². The SMILES string of the molecule is CCNS(=O)(=O)c1cc(C(=O)NCc2ccc(Cl)cc2Cl)ccc1OCC. The molecule has 0 unspecified atom stereocenters. The molecular formula is C18H20Cl2N2O4S. The van der Waals surface area contributed by atoms with E-state index in [4.69, 9.17) is 27.9 Å². The van der Waals surface area contributed by atoms with Gasteiger partial charge in [0.25, 0.3) is 5.91 Å². The van der Waals surface area contributed by atoms with Crippen molar-refractivity contribution in [1.29, 1.82) is 0 Å². The summed E-state index contributed by atoms with van der Waals surface area (Å²) < 4.78 is 32.6. The molecule has 1 amide bonds. The lowest BCUT2D eigenvalue weighted by Gasteiger charge is -2.13. The fourth-order valence-corrected chi connectivity index (χ4v) is 4.03. The molecule has 0 spiro atoms. The Labute approximate surface area is 168 Å². The molecule has 0 radical (unpaired) electrons. The van der Waals surface area contributed by atoms with Crippen LogP contribution < -0.4 is 14.8 Å². The van der Waals surface area contributed by atoms with E-state index < -0.39 is 15.9 Å². The normalized spacial score (nSPS) is 11.3. The molecule has 6 nitrogen and oxygen atoms in total. The van der Waals surface area contributed by atoms with Crippen LogP contribution in [0.2, 0.25) is 10.0 Å². The zero-order valence-corrected chi connectivity index (χ0v) is 17.2. The van der Waals surface area contributed by atoms with E-state index in [1.807, 2.05) is 0 Å². The number of rotatable bonds is 8. The van der Waals surface area contributed by atoms with Crippen LogP contribution in [-0.2, 0) is 16.6 Å². The zero-order valence-electron chi connectivity index (χ0n) is 14.9. The molecule has 2 rings (SSSR count). The molecular weight excluding hydrogens is 411 g/mol. The van der Waals surface area contributed by atoms with Gasteiger partial charge in [0.15, 0.2) is 0 Å². The molecule has 9 heteroatoms. The number of ether oxygens (including phenoxy) is 1. The van der Waals surface area contributed by atoms with Crippen molar-refractivity contribution in [3.63, 3.8) is 0 Å². The number of halogens is 2. The molecule has 0 bridgehead atoms. The fraction of sp³-hybridized carbons (Fsp3) is 0.278. The number of carbonyl (C=O) groups is 1. The number of hydrogen-bond acceptors (Lipinski definition) is 4. The Morgan fingerprint density at radius 2 is 1.85 bits per heavy atom. The predicted molar refractivity (Wildman–Crippen MR) is 106 cm³/mol. The molecule has 0 aromatic heterocycles. The monoisotopic (exact) mass is 430 g/mol. The highest BCUT2D eigenvalue weighted by Crippen LogP contribution is 2.25. The van der Waals surface area contributed by atoms with Gasteiger partial charge in [-0.15, -0.1) is 0 Å². The number of sulfonamides is 1. The Bertz CT molecular complexity index is 933. The highest BCUT2D eigenvalue weighted by molar-refractivity contribution is 7.89. The van der Waals surface area contributed by atoms with Gasteiger partial charge in [-0.2, -0.15) is 0 Å². The lowest BCUT2D eigenvalue weighted by atomic mass is 10.2. The van der Waals surface area contributed by atoms with Crippen molar-refractivity contribution >= 4 is 39.1 Å². The van der Waals surface area contributed by atoms with Crippen LogP contribution in [0.5, 0.6) is 5.75 Å². The van der Waals surface area contributed by atoms with E-state index in [1.54, 1.807) is 32.0 Å². The molecule has 0 heterocycles. The van der Waals surface area contributed by atoms with Crippen LogP contribution in [0.25, 0.3) is 0 Å². The van der Waals surface area contributed by atoms with Crippen LogP contribution >= 0.6 is 23.2 Å². The number of nitrogens with one attached hydrogen (secondary N) is 2. The molecule has 0 atom stereocenters. The second kappa shape index (κ2) is 9.41. The van der Waals surface area contributed by atoms with Crippen molar-refractivity contribution in [2.24, 2.45) is 0 Å². The lowest BCUT2D eigenvalue weighted by Crippen LogP contribution is -2.26. The van der Waals surface area contributed by atoms with Gasteiger partial charge in [0, 0.05) is 28.7 Å². The van der Waals surface area contributed by atoms with Crippen molar-refractivity contribution < 1.29 is 17.9 Å². The van der Waals surface area contributed by atoms with E-state index in [9.17, 15) is 13.2 Å². The van der Waals surface area contributed by atoms with Crippen LogP contribution in [0.3, 0.4) is 0 Å². The molecule has 0 fully saturated rings. The Balaban J connectivity index is 2.25. The van der Waals surface area contributed by atoms with Crippen molar-refractivity contribution in [3.8, 4) is 5.75 Å². The quantitative estimate of drug-likeness (QED) is 0.669. The fourth-order valence-electron chi connectivity index (χ4n) is 2.34. The topological polar surface area (TPSA) is 84.5 Å². The van der Waals surface area contributed by atoms with E-state index in [0.29, 0.717) is 22.2 Å². The second-order valence-electron chi connectivity index (χ2n) is 5.51. The Kier molecular flexibility index (Phi) is 7.49. The largest absolute Gasteiger partial charge is 0.492 e. The van der Waals surface area contributed by atoms with Crippen molar-refractivity contribution in [1.82, 2.24) is 10.0 Å². The first kappa shape index (κ1) is 21.5. The highest BCUT2D eigenvalue weighted by atomic mass is 35.5. The van der Waals surface area contributed by atoms with Crippen LogP contribution in [0.4, 0.5) is 0 Å². The summed E-state index contributed by atoms with van der Waals surface area (Å²) in [4.78, 5) is 12.4. The Hall–Kier alpha value is -1.80. The molecule has 0 saturated carbocycles. The van der Waals surface area contributed by atoms with Gasteiger partial charge in [-0.3, -0.25) is 4.79 Å². The Morgan fingerprint density at radius 3 is 2.48 bits per heavy atom. The first-order chi connectivity index (χ1) is 12.8. The summed E-state index contributed by atoms with van der Waals surface area (Å²) in [5, 5.41) is 3.65. The molecule has 0 aliphatic heterocycles. The van der Waals surface area contributed by atoms with Gasteiger partial charge < -0.3 is 10.1 Å². The minimum atomic E-state index is -3.79. The molecule has 2 aromatic rings. The first-order valence-corrected chi connectivity index (χ1v) is 10.5. The van der Waals surface area contributed by atoms with Crippen LogP contribution in [0.1, 0.15) is 29.8 Å². The molecule has 0 aliphatic carbocycles. The molecule has 2 N–H and O–H groups in total. The zero-order chi connectivity index (χ0) is 20.0. The van der Waals surface area contributed by atoms with Gasteiger partial charge in [0.1, 0.15) is 10.6 Å². The standard InChI is InChI=1S/C18H20Cl2N2O4S/c1-3-22-27(24,25)17-9-12(6-8-16(17)26-4-2)18(23)21-11-13-5-7-14(19)10-15(13)20/h5-10,22H,3-4,11H2,1-2H3,(H,21,23). The average Bonchev–Trinajstić information content (AvgIpc) is 2.61. The second-order valence-corrected chi connectivity index (χ2v) is 8.09. The van der Waals surface area contributed by atoms with Crippen LogP contribution in [-0.4, -0.2) is 27.5 Å². The van der Waals surface area contributed by atoms with E-state index >= 15 is 0 Å². The molecule has 146 valence electrons. The third-order valence-corrected chi connectivity index (χ3v) is 5.74. The van der Waals surface area contributed by atoms with E-state index in [0.717, 1.165) is 0 Å².